The summed E-state index contributed by atoms with van der Waals surface area (Å²) in [5.74, 6) is 1.21. The first-order valence-electron chi connectivity index (χ1n) is 8.60. The summed E-state index contributed by atoms with van der Waals surface area (Å²) in [5, 5.41) is 17.1. The number of benzene rings is 2. The monoisotopic (exact) mass is 356 g/mol. The molecular formula is C20H21ClN2O2. The SMILES string of the molecule is COc1ccc2c(c1)CC[C@H]1C2=NN(CCO)[C@H]1c1ccc(Cl)cc1. The van der Waals surface area contributed by atoms with E-state index < -0.39 is 0 Å². The van der Waals surface area contributed by atoms with Crippen molar-refractivity contribution in [1.82, 2.24) is 5.01 Å². The smallest absolute Gasteiger partial charge is 0.119 e. The third kappa shape index (κ3) is 2.90. The molecule has 0 radical (unpaired) electrons. The minimum atomic E-state index is 0.0864. The summed E-state index contributed by atoms with van der Waals surface area (Å²) in [6.45, 7) is 0.613. The molecule has 0 spiro atoms. The van der Waals surface area contributed by atoms with Gasteiger partial charge < -0.3 is 9.84 Å². The van der Waals surface area contributed by atoms with Gasteiger partial charge in [0.15, 0.2) is 0 Å². The van der Waals surface area contributed by atoms with Gasteiger partial charge in [-0.2, -0.15) is 5.10 Å². The lowest BCUT2D eigenvalue weighted by Crippen LogP contribution is -2.30. The Balaban J connectivity index is 1.73. The molecule has 5 heteroatoms. The number of fused-ring (bicyclic) bond motifs is 3. The number of halogens is 1. The Labute approximate surface area is 152 Å². The van der Waals surface area contributed by atoms with Crippen molar-refractivity contribution >= 4 is 17.3 Å². The molecule has 2 aromatic rings. The highest BCUT2D eigenvalue weighted by atomic mass is 35.5. The van der Waals surface area contributed by atoms with Gasteiger partial charge in [0.05, 0.1) is 32.0 Å². The fourth-order valence-electron chi connectivity index (χ4n) is 4.00. The number of aliphatic hydroxyl groups is 1. The van der Waals surface area contributed by atoms with Crippen molar-refractivity contribution in [2.45, 2.75) is 18.9 Å². The maximum Gasteiger partial charge on any atom is 0.119 e. The van der Waals surface area contributed by atoms with E-state index in [9.17, 15) is 5.11 Å². The first-order chi connectivity index (χ1) is 12.2. The zero-order valence-corrected chi connectivity index (χ0v) is 14.9. The van der Waals surface area contributed by atoms with Gasteiger partial charge in [0.25, 0.3) is 0 Å². The van der Waals surface area contributed by atoms with Crippen LogP contribution in [0.2, 0.25) is 5.02 Å². The molecule has 2 atom stereocenters. The molecule has 1 N–H and O–H groups in total. The van der Waals surface area contributed by atoms with Crippen molar-refractivity contribution in [2.24, 2.45) is 11.0 Å². The van der Waals surface area contributed by atoms with Gasteiger partial charge in [-0.3, -0.25) is 5.01 Å². The Morgan fingerprint density at radius 3 is 2.76 bits per heavy atom. The zero-order valence-electron chi connectivity index (χ0n) is 14.2. The van der Waals surface area contributed by atoms with Gasteiger partial charge in [-0.05, 0) is 54.3 Å². The van der Waals surface area contributed by atoms with E-state index in [2.05, 4.69) is 24.3 Å². The lowest BCUT2D eigenvalue weighted by atomic mass is 9.77. The number of methoxy groups -OCH3 is 1. The van der Waals surface area contributed by atoms with Crippen LogP contribution in [0.5, 0.6) is 5.75 Å². The van der Waals surface area contributed by atoms with Crippen molar-refractivity contribution in [3.05, 3.63) is 64.2 Å². The summed E-state index contributed by atoms with van der Waals surface area (Å²) in [4.78, 5) is 0. The third-order valence-corrected chi connectivity index (χ3v) is 5.40. The number of β-amino-alcohol motifs (C(OH)–C–C–N with tert-alkyl or cyclic N) is 1. The summed E-state index contributed by atoms with van der Waals surface area (Å²) < 4.78 is 5.36. The molecule has 4 nitrogen and oxygen atoms in total. The Bertz CT molecular complexity index is 804. The molecule has 0 saturated heterocycles. The van der Waals surface area contributed by atoms with Gasteiger partial charge in [0.1, 0.15) is 5.75 Å². The van der Waals surface area contributed by atoms with Crippen molar-refractivity contribution in [3.63, 3.8) is 0 Å². The van der Waals surface area contributed by atoms with Crippen LogP contribution in [0.4, 0.5) is 0 Å². The Hall–Kier alpha value is -2.04. The Morgan fingerprint density at radius 1 is 1.24 bits per heavy atom. The zero-order chi connectivity index (χ0) is 17.4. The highest BCUT2D eigenvalue weighted by molar-refractivity contribution is 6.30. The van der Waals surface area contributed by atoms with Gasteiger partial charge in [0.2, 0.25) is 0 Å². The number of rotatable bonds is 4. The molecule has 0 bridgehead atoms. The molecule has 0 amide bonds. The van der Waals surface area contributed by atoms with Crippen LogP contribution in [0.3, 0.4) is 0 Å². The lowest BCUT2D eigenvalue weighted by Gasteiger charge is -2.30. The quantitative estimate of drug-likeness (QED) is 0.909. The topological polar surface area (TPSA) is 45.1 Å². The van der Waals surface area contributed by atoms with E-state index >= 15 is 0 Å². The predicted octanol–water partition coefficient (Wildman–Crippen LogP) is 3.66. The Kier molecular flexibility index (Phi) is 4.40. The molecule has 1 aliphatic heterocycles. The van der Waals surface area contributed by atoms with Crippen LogP contribution in [0.25, 0.3) is 0 Å². The van der Waals surface area contributed by atoms with Gasteiger partial charge in [-0.25, -0.2) is 0 Å². The van der Waals surface area contributed by atoms with Crippen molar-refractivity contribution < 1.29 is 9.84 Å². The van der Waals surface area contributed by atoms with Gasteiger partial charge in [-0.15, -0.1) is 0 Å². The Morgan fingerprint density at radius 2 is 2.04 bits per heavy atom. The van der Waals surface area contributed by atoms with Crippen LogP contribution in [-0.2, 0) is 6.42 Å². The number of hydrogen-bond donors (Lipinski definition) is 1. The molecule has 0 unspecified atom stereocenters. The predicted molar refractivity (Wildman–Crippen MR) is 99.3 cm³/mol. The minimum Gasteiger partial charge on any atom is -0.497 e. The molecule has 0 fully saturated rings. The fourth-order valence-corrected chi connectivity index (χ4v) is 4.13. The van der Waals surface area contributed by atoms with Crippen LogP contribution in [-0.4, -0.2) is 36.1 Å². The van der Waals surface area contributed by atoms with E-state index in [0.717, 1.165) is 29.3 Å². The lowest BCUT2D eigenvalue weighted by molar-refractivity contribution is 0.152. The number of hydrazone groups is 1. The highest BCUT2D eigenvalue weighted by Crippen LogP contribution is 2.43. The molecule has 130 valence electrons. The van der Waals surface area contributed by atoms with Crippen molar-refractivity contribution in [2.75, 3.05) is 20.3 Å². The number of aliphatic hydroxyl groups excluding tert-OH is 1. The van der Waals surface area contributed by atoms with E-state index in [4.69, 9.17) is 21.4 Å². The standard InChI is InChI=1S/C20H21ClN2O2/c1-25-16-7-9-17-14(12-16)4-8-18-19(17)22-23(10-11-24)20(18)13-2-5-15(21)6-3-13/h2-3,5-7,9,12,18,20,24H,4,8,10-11H2,1H3/t18-,20-/m0/s1. The van der Waals surface area contributed by atoms with E-state index in [1.165, 1.54) is 16.7 Å². The molecule has 25 heavy (non-hydrogen) atoms. The van der Waals surface area contributed by atoms with Gasteiger partial charge in [0, 0.05) is 16.5 Å². The number of ether oxygens (including phenoxy) is 1. The summed E-state index contributed by atoms with van der Waals surface area (Å²) in [6, 6.07) is 14.4. The van der Waals surface area contributed by atoms with Gasteiger partial charge >= 0.3 is 0 Å². The molecule has 4 rings (SSSR count). The number of hydrogen-bond acceptors (Lipinski definition) is 4. The van der Waals surface area contributed by atoms with Crippen molar-refractivity contribution in [1.29, 1.82) is 0 Å². The summed E-state index contributed by atoms with van der Waals surface area (Å²) in [7, 11) is 1.69. The molecule has 0 saturated carbocycles. The van der Waals surface area contributed by atoms with Crippen LogP contribution in [0.1, 0.15) is 29.2 Å². The fraction of sp³-hybridized carbons (Fsp3) is 0.350. The number of aryl methyl sites for hydroxylation is 1. The molecular weight excluding hydrogens is 336 g/mol. The average molecular weight is 357 g/mol. The third-order valence-electron chi connectivity index (χ3n) is 5.14. The molecule has 1 aliphatic carbocycles. The van der Waals surface area contributed by atoms with Crippen LogP contribution in [0.15, 0.2) is 47.6 Å². The first-order valence-corrected chi connectivity index (χ1v) is 8.98. The van der Waals surface area contributed by atoms with E-state index in [-0.39, 0.29) is 12.6 Å². The van der Waals surface area contributed by atoms with Crippen LogP contribution in [0, 0.1) is 5.92 Å². The largest absolute Gasteiger partial charge is 0.497 e. The van der Waals surface area contributed by atoms with Crippen LogP contribution >= 0.6 is 11.6 Å². The number of nitrogens with zero attached hydrogens (tertiary/aromatic N) is 2. The molecule has 2 aliphatic rings. The first kappa shape index (κ1) is 16.4. The maximum absolute atomic E-state index is 9.48. The molecule has 1 heterocycles. The molecule has 2 aromatic carbocycles. The normalized spacial score (nSPS) is 21.6. The summed E-state index contributed by atoms with van der Waals surface area (Å²) >= 11 is 6.05. The van der Waals surface area contributed by atoms with Crippen LogP contribution < -0.4 is 4.74 Å². The second-order valence-electron chi connectivity index (χ2n) is 6.54. The highest BCUT2D eigenvalue weighted by Gasteiger charge is 2.41. The maximum atomic E-state index is 9.48. The average Bonchev–Trinajstić information content (AvgIpc) is 3.00. The second kappa shape index (κ2) is 6.70. The van der Waals surface area contributed by atoms with Gasteiger partial charge in [-0.1, -0.05) is 23.7 Å². The van der Waals surface area contributed by atoms with E-state index in [1.54, 1.807) is 7.11 Å². The molecule has 0 aromatic heterocycles. The minimum absolute atomic E-state index is 0.0864. The summed E-state index contributed by atoms with van der Waals surface area (Å²) in [6.07, 6.45) is 2.04. The summed E-state index contributed by atoms with van der Waals surface area (Å²) in [5.41, 5.74) is 4.81. The van der Waals surface area contributed by atoms with Crippen molar-refractivity contribution in [3.8, 4) is 5.75 Å². The van der Waals surface area contributed by atoms with E-state index in [0.29, 0.717) is 12.5 Å². The van der Waals surface area contributed by atoms with E-state index in [1.807, 2.05) is 23.2 Å². The second-order valence-corrected chi connectivity index (χ2v) is 6.97.